The number of fused-ring (bicyclic) bond motifs is 2. The van der Waals surface area contributed by atoms with Crippen LogP contribution >= 0.6 is 12.0 Å². The highest BCUT2D eigenvalue weighted by Crippen LogP contribution is 2.44. The van der Waals surface area contributed by atoms with Crippen LogP contribution in [0.25, 0.3) is 0 Å². The normalized spacial score (nSPS) is 30.6. The maximum absolute atomic E-state index is 13.0. The molecule has 0 amide bonds. The summed E-state index contributed by atoms with van der Waals surface area (Å²) >= 11 is -0.495. The van der Waals surface area contributed by atoms with Crippen molar-refractivity contribution in [2.45, 2.75) is 49.3 Å². The molecule has 7 nitrogen and oxygen atoms in total. The monoisotopic (exact) mass is 345 g/mol. The number of carbonyl (C=O) groups excluding carboxylic acids is 2. The highest BCUT2D eigenvalue weighted by molar-refractivity contribution is 7.96. The number of carbonyl (C=O) groups is 2. The van der Waals surface area contributed by atoms with Crippen molar-refractivity contribution < 1.29 is 46.9 Å². The predicted octanol–water partition coefficient (Wildman–Crippen LogP) is 0.816. The summed E-state index contributed by atoms with van der Waals surface area (Å²) in [6, 6.07) is 0. The summed E-state index contributed by atoms with van der Waals surface area (Å²) in [5, 5.41) is 12.6. The number of alkyl halides is 3. The summed E-state index contributed by atoms with van der Waals surface area (Å²) in [6.45, 7) is 0.505. The van der Waals surface area contributed by atoms with Crippen molar-refractivity contribution in [2.75, 3.05) is 0 Å². The standard InChI is InChI=1S/C11H13F3O7S/c1-10(11(12,13)14,22-21-20-17)9(16)19-6-3-2-5-4-7(6)18-8(5)15/h5-7,17H,2-4H2,1H3/p-1. The predicted molar refractivity (Wildman–Crippen MR) is 61.3 cm³/mol. The lowest BCUT2D eigenvalue weighted by molar-refractivity contribution is -0.777. The van der Waals surface area contributed by atoms with Gasteiger partial charge in [0.1, 0.15) is 12.2 Å². The van der Waals surface area contributed by atoms with Crippen molar-refractivity contribution in [3.8, 4) is 0 Å². The number of halogens is 3. The molecule has 2 bridgehead atoms. The Morgan fingerprint density at radius 3 is 2.68 bits per heavy atom. The molecule has 0 N–H and O–H groups in total. The summed E-state index contributed by atoms with van der Waals surface area (Å²) in [6.07, 6.45) is -5.82. The van der Waals surface area contributed by atoms with Gasteiger partial charge in [0.2, 0.25) is 4.75 Å². The molecule has 4 unspecified atom stereocenters. The Kier molecular flexibility index (Phi) is 4.90. The molecule has 1 aliphatic heterocycles. The topological polar surface area (TPSA) is 94.1 Å². The molecule has 0 aromatic carbocycles. The fourth-order valence-electron chi connectivity index (χ4n) is 2.35. The second-order valence-electron chi connectivity index (χ2n) is 5.18. The molecule has 0 aromatic heterocycles. The molecular weight excluding hydrogens is 333 g/mol. The van der Waals surface area contributed by atoms with Crippen molar-refractivity contribution in [2.24, 2.45) is 5.92 Å². The molecule has 4 atom stereocenters. The first-order valence-corrected chi connectivity index (χ1v) is 7.06. The zero-order valence-electron chi connectivity index (χ0n) is 11.3. The van der Waals surface area contributed by atoms with Gasteiger partial charge in [0, 0.05) is 6.42 Å². The van der Waals surface area contributed by atoms with Crippen molar-refractivity contribution in [3.05, 3.63) is 0 Å². The van der Waals surface area contributed by atoms with E-state index in [-0.39, 0.29) is 12.3 Å². The number of hydrogen-bond acceptors (Lipinski definition) is 8. The van der Waals surface area contributed by atoms with Gasteiger partial charge < -0.3 is 14.7 Å². The molecule has 2 fully saturated rings. The van der Waals surface area contributed by atoms with Crippen molar-refractivity contribution >= 4 is 24.0 Å². The van der Waals surface area contributed by atoms with E-state index in [4.69, 9.17) is 9.47 Å². The Morgan fingerprint density at radius 1 is 1.41 bits per heavy atom. The summed E-state index contributed by atoms with van der Waals surface area (Å²) in [7, 11) is 0. The van der Waals surface area contributed by atoms with Crippen LogP contribution in [0.4, 0.5) is 13.2 Å². The van der Waals surface area contributed by atoms with Crippen LogP contribution in [0, 0.1) is 5.92 Å². The third-order valence-electron chi connectivity index (χ3n) is 3.75. The Morgan fingerprint density at radius 2 is 2.09 bits per heavy atom. The van der Waals surface area contributed by atoms with Crippen LogP contribution in [0.5, 0.6) is 0 Å². The van der Waals surface area contributed by atoms with E-state index >= 15 is 0 Å². The van der Waals surface area contributed by atoms with Crippen LogP contribution in [-0.2, 0) is 28.4 Å². The highest BCUT2D eigenvalue weighted by Gasteiger charge is 2.61. The first-order chi connectivity index (χ1) is 10.2. The molecule has 1 aliphatic carbocycles. The molecular formula is C11H12F3O7S-. The third kappa shape index (κ3) is 3.16. The fraction of sp³-hybridized carbons (Fsp3) is 0.818. The molecule has 2 rings (SSSR count). The summed E-state index contributed by atoms with van der Waals surface area (Å²) in [4.78, 5) is 23.3. The number of hydrogen-bond donors (Lipinski definition) is 0. The Labute approximate surface area is 127 Å². The highest BCUT2D eigenvalue weighted by atomic mass is 32.2. The van der Waals surface area contributed by atoms with Gasteiger partial charge in [-0.25, -0.2) is 0 Å². The van der Waals surface area contributed by atoms with Crippen molar-refractivity contribution in [1.82, 2.24) is 0 Å². The lowest BCUT2D eigenvalue weighted by atomic mass is 9.88. The van der Waals surface area contributed by atoms with Crippen LogP contribution in [0.3, 0.4) is 0 Å². The van der Waals surface area contributed by atoms with Gasteiger partial charge in [-0.05, 0) is 19.8 Å². The van der Waals surface area contributed by atoms with Crippen LogP contribution in [0.1, 0.15) is 26.2 Å². The number of esters is 2. The van der Waals surface area contributed by atoms with E-state index in [9.17, 15) is 28.0 Å². The maximum atomic E-state index is 13.0. The number of rotatable bonds is 5. The molecule has 0 spiro atoms. The van der Waals surface area contributed by atoms with Gasteiger partial charge in [-0.3, -0.25) is 14.6 Å². The van der Waals surface area contributed by atoms with Gasteiger partial charge in [0.05, 0.1) is 18.0 Å². The zero-order valence-corrected chi connectivity index (χ0v) is 12.1. The lowest BCUT2D eigenvalue weighted by Crippen LogP contribution is -2.50. The van der Waals surface area contributed by atoms with Crippen molar-refractivity contribution in [3.63, 3.8) is 0 Å². The Balaban J connectivity index is 2.07. The van der Waals surface area contributed by atoms with Crippen LogP contribution in [-0.4, -0.2) is 35.1 Å². The van der Waals surface area contributed by atoms with Gasteiger partial charge >= 0.3 is 18.1 Å². The molecule has 1 saturated heterocycles. The van der Waals surface area contributed by atoms with E-state index in [1.807, 2.05) is 0 Å². The minimum atomic E-state index is -5.04. The van der Waals surface area contributed by atoms with Gasteiger partial charge in [-0.2, -0.15) is 17.5 Å². The molecule has 0 radical (unpaired) electrons. The van der Waals surface area contributed by atoms with Gasteiger partial charge in [-0.1, -0.05) is 0 Å². The van der Waals surface area contributed by atoms with E-state index in [1.54, 1.807) is 0 Å². The minimum absolute atomic E-state index is 0.227. The maximum Gasteiger partial charge on any atom is 0.415 e. The van der Waals surface area contributed by atoms with E-state index in [2.05, 4.69) is 9.37 Å². The Bertz CT molecular complexity index is 457. The molecule has 11 heteroatoms. The van der Waals surface area contributed by atoms with Gasteiger partial charge in [-0.15, -0.1) is 0 Å². The van der Waals surface area contributed by atoms with E-state index < -0.39 is 47.1 Å². The molecule has 0 aromatic rings. The average Bonchev–Trinajstić information content (AvgIpc) is 2.74. The van der Waals surface area contributed by atoms with Crippen LogP contribution in [0.15, 0.2) is 0 Å². The second-order valence-corrected chi connectivity index (χ2v) is 6.30. The van der Waals surface area contributed by atoms with Crippen LogP contribution < -0.4 is 5.26 Å². The van der Waals surface area contributed by atoms with Gasteiger partial charge in [0.15, 0.2) is 0 Å². The largest absolute Gasteiger partial charge is 0.691 e. The van der Waals surface area contributed by atoms with E-state index in [1.165, 1.54) is 0 Å². The van der Waals surface area contributed by atoms with E-state index in [0.717, 1.165) is 0 Å². The fourth-order valence-corrected chi connectivity index (χ4v) is 2.72. The quantitative estimate of drug-likeness (QED) is 0.313. The molecule has 1 saturated carbocycles. The number of ether oxygens (including phenoxy) is 2. The first-order valence-electron chi connectivity index (χ1n) is 6.31. The second kappa shape index (κ2) is 6.22. The molecule has 22 heavy (non-hydrogen) atoms. The smallest absolute Gasteiger partial charge is 0.415 e. The lowest BCUT2D eigenvalue weighted by Gasteiger charge is -2.32. The first kappa shape index (κ1) is 17.3. The van der Waals surface area contributed by atoms with E-state index in [0.29, 0.717) is 19.8 Å². The van der Waals surface area contributed by atoms with Gasteiger partial charge in [0.25, 0.3) is 0 Å². The zero-order chi connectivity index (χ0) is 16.5. The molecule has 1 heterocycles. The third-order valence-corrected chi connectivity index (χ3v) is 4.60. The van der Waals surface area contributed by atoms with Crippen LogP contribution in [0.2, 0.25) is 0 Å². The average molecular weight is 345 g/mol. The van der Waals surface area contributed by atoms with Crippen molar-refractivity contribution in [1.29, 1.82) is 0 Å². The summed E-state index contributed by atoms with van der Waals surface area (Å²) in [5.41, 5.74) is 0. The SMILES string of the molecule is CC(SOO[O-])(C(=O)OC1CCC2CC1OC2=O)C(F)(F)F. The molecule has 126 valence electrons. The summed E-state index contributed by atoms with van der Waals surface area (Å²) < 4.78 is 49.5. The minimum Gasteiger partial charge on any atom is -0.691 e. The Hall–Kier alpha value is -1.04. The summed E-state index contributed by atoms with van der Waals surface area (Å²) in [5.74, 6) is -2.37. The molecule has 2 aliphatic rings.